The molecule has 106 valence electrons. The monoisotopic (exact) mass is 293 g/mol. The van der Waals surface area contributed by atoms with Gasteiger partial charge in [-0.2, -0.15) is 0 Å². The van der Waals surface area contributed by atoms with E-state index in [1.54, 1.807) is 31.7 Å². The summed E-state index contributed by atoms with van der Waals surface area (Å²) in [6.45, 7) is 1.36. The van der Waals surface area contributed by atoms with E-state index in [2.05, 4.69) is 20.6 Å². The molecule has 0 aromatic carbocycles. The second kappa shape index (κ2) is 6.91. The average molecular weight is 294 g/mol. The third-order valence-corrected chi connectivity index (χ3v) is 3.06. The van der Waals surface area contributed by atoms with Gasteiger partial charge in [0.05, 0.1) is 11.3 Å². The van der Waals surface area contributed by atoms with Gasteiger partial charge in [-0.05, 0) is 18.6 Å². The van der Waals surface area contributed by atoms with Crippen LogP contribution in [0.5, 0.6) is 0 Å². The molecular weight excluding hydrogens is 278 g/mol. The lowest BCUT2D eigenvalue weighted by molar-refractivity contribution is 0.0948. The fraction of sp³-hybridized carbons (Fsp3) is 0.308. The fourth-order valence-electron chi connectivity index (χ4n) is 1.71. The van der Waals surface area contributed by atoms with Crippen LogP contribution < -0.4 is 10.6 Å². The van der Waals surface area contributed by atoms with Crippen LogP contribution >= 0.6 is 11.6 Å². The van der Waals surface area contributed by atoms with Crippen LogP contribution in [0.3, 0.4) is 0 Å². The van der Waals surface area contributed by atoms with E-state index < -0.39 is 0 Å². The number of imidazole rings is 1. The first kappa shape index (κ1) is 14.3. The van der Waals surface area contributed by atoms with Crippen molar-refractivity contribution in [3.05, 3.63) is 41.6 Å². The van der Waals surface area contributed by atoms with Gasteiger partial charge in [0.1, 0.15) is 11.5 Å². The molecule has 0 radical (unpaired) electrons. The number of carbonyl (C=O) groups excluding carboxylic acids is 1. The van der Waals surface area contributed by atoms with Crippen molar-refractivity contribution in [3.63, 3.8) is 0 Å². The molecule has 2 heterocycles. The van der Waals surface area contributed by atoms with Crippen molar-refractivity contribution in [2.45, 2.75) is 13.0 Å². The standard InChI is InChI=1S/C13H16ClN5O/c1-15-11-4-3-10(14)12(18-11)13(20)17-5-2-7-19-8-6-16-9-19/h3-4,6,8-9H,2,5,7H2,1H3,(H,15,18)(H,17,20). The van der Waals surface area contributed by atoms with Gasteiger partial charge in [0.15, 0.2) is 0 Å². The lowest BCUT2D eigenvalue weighted by Gasteiger charge is -2.08. The Labute approximate surface area is 122 Å². The minimum absolute atomic E-state index is 0.237. The molecule has 2 rings (SSSR count). The van der Waals surface area contributed by atoms with Crippen LogP contribution in [-0.2, 0) is 6.54 Å². The van der Waals surface area contributed by atoms with Gasteiger partial charge < -0.3 is 15.2 Å². The SMILES string of the molecule is CNc1ccc(Cl)c(C(=O)NCCCn2ccnc2)n1. The summed E-state index contributed by atoms with van der Waals surface area (Å²) in [5, 5.41) is 6.02. The van der Waals surface area contributed by atoms with Gasteiger partial charge in [-0.1, -0.05) is 11.6 Å². The van der Waals surface area contributed by atoms with Crippen molar-refractivity contribution in [3.8, 4) is 0 Å². The Kier molecular flexibility index (Phi) is 4.95. The van der Waals surface area contributed by atoms with E-state index in [9.17, 15) is 4.79 Å². The summed E-state index contributed by atoms with van der Waals surface area (Å²) in [4.78, 5) is 20.1. The van der Waals surface area contributed by atoms with E-state index in [-0.39, 0.29) is 11.6 Å². The van der Waals surface area contributed by atoms with Gasteiger partial charge in [0.25, 0.3) is 5.91 Å². The predicted molar refractivity (Wildman–Crippen MR) is 78.0 cm³/mol. The maximum absolute atomic E-state index is 12.0. The molecule has 20 heavy (non-hydrogen) atoms. The summed E-state index contributed by atoms with van der Waals surface area (Å²) in [6.07, 6.45) is 6.17. The highest BCUT2D eigenvalue weighted by Crippen LogP contribution is 2.16. The molecule has 0 aliphatic rings. The zero-order valence-electron chi connectivity index (χ0n) is 11.1. The van der Waals surface area contributed by atoms with E-state index in [1.165, 1.54) is 0 Å². The van der Waals surface area contributed by atoms with Crippen LogP contribution in [0.4, 0.5) is 5.82 Å². The molecule has 2 aromatic heterocycles. The molecule has 0 unspecified atom stereocenters. The smallest absolute Gasteiger partial charge is 0.271 e. The van der Waals surface area contributed by atoms with Crippen molar-refractivity contribution in [2.24, 2.45) is 0 Å². The first-order valence-electron chi connectivity index (χ1n) is 6.29. The molecule has 0 bridgehead atoms. The number of carbonyl (C=O) groups is 1. The number of halogens is 1. The highest BCUT2D eigenvalue weighted by Gasteiger charge is 2.12. The molecule has 2 N–H and O–H groups in total. The Morgan fingerprint density at radius 2 is 2.30 bits per heavy atom. The Morgan fingerprint density at radius 3 is 3.00 bits per heavy atom. The number of pyridine rings is 1. The number of nitrogens with zero attached hydrogens (tertiary/aromatic N) is 3. The van der Waals surface area contributed by atoms with Crippen LogP contribution in [0.15, 0.2) is 30.9 Å². The number of aromatic nitrogens is 3. The third kappa shape index (κ3) is 3.71. The van der Waals surface area contributed by atoms with E-state index in [0.717, 1.165) is 13.0 Å². The third-order valence-electron chi connectivity index (χ3n) is 2.76. The Bertz CT molecular complexity index is 570. The highest BCUT2D eigenvalue weighted by atomic mass is 35.5. The second-order valence-electron chi connectivity index (χ2n) is 4.19. The molecule has 0 spiro atoms. The minimum Gasteiger partial charge on any atom is -0.373 e. The first-order chi connectivity index (χ1) is 9.70. The lowest BCUT2D eigenvalue weighted by atomic mass is 10.3. The number of nitrogens with one attached hydrogen (secondary N) is 2. The minimum atomic E-state index is -0.266. The maximum Gasteiger partial charge on any atom is 0.271 e. The normalized spacial score (nSPS) is 10.3. The molecule has 2 aromatic rings. The lowest BCUT2D eigenvalue weighted by Crippen LogP contribution is -2.26. The van der Waals surface area contributed by atoms with Crippen molar-refractivity contribution < 1.29 is 4.79 Å². The number of rotatable bonds is 6. The molecule has 0 saturated carbocycles. The van der Waals surface area contributed by atoms with Gasteiger partial charge >= 0.3 is 0 Å². The van der Waals surface area contributed by atoms with Gasteiger partial charge in [-0.15, -0.1) is 0 Å². The largest absolute Gasteiger partial charge is 0.373 e. The highest BCUT2D eigenvalue weighted by molar-refractivity contribution is 6.33. The van der Waals surface area contributed by atoms with E-state index >= 15 is 0 Å². The summed E-state index contributed by atoms with van der Waals surface area (Å²) in [5.74, 6) is 0.343. The van der Waals surface area contributed by atoms with Crippen LogP contribution in [0.2, 0.25) is 5.02 Å². The van der Waals surface area contributed by atoms with Crippen molar-refractivity contribution >= 4 is 23.3 Å². The number of amides is 1. The van der Waals surface area contributed by atoms with Crippen molar-refractivity contribution in [1.29, 1.82) is 0 Å². The van der Waals surface area contributed by atoms with E-state index in [4.69, 9.17) is 11.6 Å². The predicted octanol–water partition coefficient (Wildman–Crippen LogP) is 1.79. The van der Waals surface area contributed by atoms with E-state index in [0.29, 0.717) is 17.4 Å². The summed E-state index contributed by atoms with van der Waals surface area (Å²) in [5.41, 5.74) is 0.237. The van der Waals surface area contributed by atoms with Gasteiger partial charge in [-0.3, -0.25) is 4.79 Å². The van der Waals surface area contributed by atoms with Crippen LogP contribution in [0.25, 0.3) is 0 Å². The van der Waals surface area contributed by atoms with Crippen molar-refractivity contribution in [2.75, 3.05) is 18.9 Å². The summed E-state index contributed by atoms with van der Waals surface area (Å²) < 4.78 is 1.96. The second-order valence-corrected chi connectivity index (χ2v) is 4.59. The zero-order valence-corrected chi connectivity index (χ0v) is 11.9. The number of aryl methyl sites for hydroxylation is 1. The molecule has 7 heteroatoms. The Morgan fingerprint density at radius 1 is 1.45 bits per heavy atom. The molecule has 0 saturated heterocycles. The average Bonchev–Trinajstić information content (AvgIpc) is 2.97. The molecular formula is C13H16ClN5O. The summed E-state index contributed by atoms with van der Waals surface area (Å²) in [7, 11) is 1.74. The fourth-order valence-corrected chi connectivity index (χ4v) is 1.90. The summed E-state index contributed by atoms with van der Waals surface area (Å²) in [6, 6.07) is 3.37. The maximum atomic E-state index is 12.0. The Balaban J connectivity index is 1.85. The van der Waals surface area contributed by atoms with E-state index in [1.807, 2.05) is 10.8 Å². The quantitative estimate of drug-likeness (QED) is 0.797. The van der Waals surface area contributed by atoms with Gasteiger partial charge in [0.2, 0.25) is 0 Å². The van der Waals surface area contributed by atoms with Crippen LogP contribution in [0.1, 0.15) is 16.9 Å². The first-order valence-corrected chi connectivity index (χ1v) is 6.66. The number of anilines is 1. The molecule has 1 amide bonds. The summed E-state index contributed by atoms with van der Waals surface area (Å²) >= 11 is 5.98. The van der Waals surface area contributed by atoms with Gasteiger partial charge in [-0.25, -0.2) is 9.97 Å². The van der Waals surface area contributed by atoms with Crippen LogP contribution in [-0.4, -0.2) is 34.0 Å². The van der Waals surface area contributed by atoms with Crippen LogP contribution in [0, 0.1) is 0 Å². The van der Waals surface area contributed by atoms with Crippen molar-refractivity contribution in [1.82, 2.24) is 19.9 Å². The topological polar surface area (TPSA) is 71.8 Å². The molecule has 0 aliphatic heterocycles. The molecule has 0 atom stereocenters. The molecule has 6 nitrogen and oxygen atoms in total. The number of hydrogen-bond donors (Lipinski definition) is 2. The Hall–Kier alpha value is -2.08. The van der Waals surface area contributed by atoms with Gasteiger partial charge in [0, 0.05) is 32.5 Å². The zero-order chi connectivity index (χ0) is 14.4. The molecule has 0 fully saturated rings. The number of hydrogen-bond acceptors (Lipinski definition) is 4. The molecule has 0 aliphatic carbocycles.